The van der Waals surface area contributed by atoms with E-state index in [0.717, 1.165) is 51.5 Å². The fourth-order valence-electron chi connectivity index (χ4n) is 5.70. The van der Waals surface area contributed by atoms with Crippen LogP contribution in [-0.4, -0.2) is 24.4 Å². The zero-order valence-corrected chi connectivity index (χ0v) is 30.1. The van der Waals surface area contributed by atoms with Crippen LogP contribution < -0.4 is 10.6 Å². The fourth-order valence-corrected chi connectivity index (χ4v) is 5.70. The van der Waals surface area contributed by atoms with Gasteiger partial charge in [0.2, 0.25) is 11.8 Å². The van der Waals surface area contributed by atoms with Gasteiger partial charge in [-0.3, -0.25) is 9.59 Å². The molecule has 4 nitrogen and oxygen atoms in total. The van der Waals surface area contributed by atoms with Crippen molar-refractivity contribution in [3.05, 3.63) is 24.3 Å². The molecule has 0 aliphatic rings. The summed E-state index contributed by atoms with van der Waals surface area (Å²) in [6.07, 6.45) is 41.2. The molecule has 1 atom stereocenters. The van der Waals surface area contributed by atoms with Crippen molar-refractivity contribution in [2.24, 2.45) is 5.92 Å². The van der Waals surface area contributed by atoms with Gasteiger partial charge < -0.3 is 10.6 Å². The molecule has 0 saturated heterocycles. The van der Waals surface area contributed by atoms with Gasteiger partial charge in [0.1, 0.15) is 0 Å². The minimum Gasteiger partial charge on any atom is -0.356 e. The van der Waals surface area contributed by atoms with E-state index in [4.69, 9.17) is 0 Å². The summed E-state index contributed by atoms with van der Waals surface area (Å²) in [5, 5.41) is 6.39. The quantitative estimate of drug-likeness (QED) is 0.0569. The average molecular weight is 617 g/mol. The largest absolute Gasteiger partial charge is 0.356 e. The van der Waals surface area contributed by atoms with Gasteiger partial charge in [0.05, 0.1) is 0 Å². The Hall–Kier alpha value is -1.58. The molecule has 0 fully saturated rings. The van der Waals surface area contributed by atoms with Gasteiger partial charge in [-0.15, -0.1) is 0 Å². The summed E-state index contributed by atoms with van der Waals surface area (Å²) in [4.78, 5) is 24.7. The molecular weight excluding hydrogens is 540 g/mol. The van der Waals surface area contributed by atoms with E-state index in [1.165, 1.54) is 116 Å². The van der Waals surface area contributed by atoms with Crippen LogP contribution in [0.4, 0.5) is 0 Å². The van der Waals surface area contributed by atoms with E-state index in [0.29, 0.717) is 18.8 Å². The highest BCUT2D eigenvalue weighted by Gasteiger charge is 2.15. The molecule has 0 rings (SSSR count). The van der Waals surface area contributed by atoms with E-state index in [9.17, 15) is 9.59 Å². The number of amides is 2. The number of allylic oxidation sites excluding steroid dienone is 4. The molecule has 0 saturated carbocycles. The lowest BCUT2D eigenvalue weighted by Gasteiger charge is -2.22. The first-order valence-electron chi connectivity index (χ1n) is 19.4. The second kappa shape index (κ2) is 34.3. The summed E-state index contributed by atoms with van der Waals surface area (Å²) in [7, 11) is 0. The normalized spacial score (nSPS) is 12.5. The molecule has 2 N–H and O–H groups in total. The van der Waals surface area contributed by atoms with Crippen LogP contribution in [0.3, 0.4) is 0 Å². The van der Waals surface area contributed by atoms with E-state index < -0.39 is 0 Å². The highest BCUT2D eigenvalue weighted by molar-refractivity contribution is 5.76. The molecule has 0 spiro atoms. The molecule has 44 heavy (non-hydrogen) atoms. The van der Waals surface area contributed by atoms with Crippen molar-refractivity contribution >= 4 is 11.8 Å². The van der Waals surface area contributed by atoms with Crippen molar-refractivity contribution in [3.63, 3.8) is 0 Å². The molecular formula is C40H76N2O2. The van der Waals surface area contributed by atoms with Crippen molar-refractivity contribution in [1.29, 1.82) is 0 Å². The van der Waals surface area contributed by atoms with E-state index in [1.807, 2.05) is 0 Å². The van der Waals surface area contributed by atoms with E-state index in [-0.39, 0.29) is 17.9 Å². The molecule has 0 radical (unpaired) electrons. The standard InChI is InChI=1S/C40H76N2O2/c1-5-7-9-11-13-15-17-18-19-20-22-23-25-27-29-34-39(43)41-36-32-31-33-38(37(3)4)42-40(44)35-30-28-26-24-21-16-14-12-10-8-6-2/h13,15,18-19,37-38H,5-12,14,16-17,20-36H2,1-4H3,(H,41,43)(H,42,44)/b15-13-,19-18-/t38-/m0/s1. The van der Waals surface area contributed by atoms with Crippen LogP contribution in [0.15, 0.2) is 24.3 Å². The first-order chi connectivity index (χ1) is 21.5. The minimum absolute atomic E-state index is 0.191. The zero-order valence-electron chi connectivity index (χ0n) is 30.1. The summed E-state index contributed by atoms with van der Waals surface area (Å²) in [6.45, 7) is 9.66. The zero-order chi connectivity index (χ0) is 32.4. The van der Waals surface area contributed by atoms with Crippen LogP contribution in [0, 0.1) is 5.92 Å². The summed E-state index contributed by atoms with van der Waals surface area (Å²) in [5.41, 5.74) is 0. The minimum atomic E-state index is 0.191. The van der Waals surface area contributed by atoms with E-state index in [1.54, 1.807) is 0 Å². The second-order valence-electron chi connectivity index (χ2n) is 13.5. The Morgan fingerprint density at radius 2 is 0.977 bits per heavy atom. The lowest BCUT2D eigenvalue weighted by atomic mass is 9.98. The molecule has 0 unspecified atom stereocenters. The van der Waals surface area contributed by atoms with E-state index in [2.05, 4.69) is 62.6 Å². The van der Waals surface area contributed by atoms with Crippen LogP contribution in [-0.2, 0) is 9.59 Å². The van der Waals surface area contributed by atoms with E-state index >= 15 is 0 Å². The highest BCUT2D eigenvalue weighted by Crippen LogP contribution is 2.14. The number of hydrogen-bond donors (Lipinski definition) is 2. The number of carbonyl (C=O) groups is 2. The first kappa shape index (κ1) is 42.4. The average Bonchev–Trinajstić information content (AvgIpc) is 3.00. The van der Waals surface area contributed by atoms with Gasteiger partial charge in [0.15, 0.2) is 0 Å². The topological polar surface area (TPSA) is 58.2 Å². The van der Waals surface area contributed by atoms with Gasteiger partial charge in [0, 0.05) is 25.4 Å². The summed E-state index contributed by atoms with van der Waals surface area (Å²) < 4.78 is 0. The number of nitrogens with one attached hydrogen (secondary N) is 2. The van der Waals surface area contributed by atoms with Crippen LogP contribution >= 0.6 is 0 Å². The van der Waals surface area contributed by atoms with Gasteiger partial charge >= 0.3 is 0 Å². The maximum Gasteiger partial charge on any atom is 0.220 e. The second-order valence-corrected chi connectivity index (χ2v) is 13.5. The third-order valence-corrected chi connectivity index (χ3v) is 8.78. The molecule has 2 amide bonds. The maximum absolute atomic E-state index is 12.5. The van der Waals surface area contributed by atoms with Gasteiger partial charge in [-0.05, 0) is 70.1 Å². The molecule has 0 bridgehead atoms. The van der Waals surface area contributed by atoms with Gasteiger partial charge in [-0.1, -0.05) is 148 Å². The van der Waals surface area contributed by atoms with Crippen molar-refractivity contribution in [1.82, 2.24) is 10.6 Å². The number of hydrogen-bond acceptors (Lipinski definition) is 2. The van der Waals surface area contributed by atoms with Crippen molar-refractivity contribution in [2.45, 2.75) is 207 Å². The Bertz CT molecular complexity index is 685. The smallest absolute Gasteiger partial charge is 0.220 e. The molecule has 0 aromatic rings. The van der Waals surface area contributed by atoms with Crippen molar-refractivity contribution < 1.29 is 9.59 Å². The fraction of sp³-hybridized carbons (Fsp3) is 0.850. The SMILES string of the molecule is CCCCC/C=C\C/C=C\CCCCCCCC(=O)NCCCC[C@H](NC(=O)CCCCCCCCCCCCC)C(C)C. The first-order valence-corrected chi connectivity index (χ1v) is 19.4. The number of rotatable bonds is 33. The highest BCUT2D eigenvalue weighted by atomic mass is 16.2. The van der Waals surface area contributed by atoms with Crippen molar-refractivity contribution in [2.75, 3.05) is 6.54 Å². The van der Waals surface area contributed by atoms with Gasteiger partial charge in [0.25, 0.3) is 0 Å². The van der Waals surface area contributed by atoms with Crippen LogP contribution in [0.2, 0.25) is 0 Å². The predicted molar refractivity (Wildman–Crippen MR) is 194 cm³/mol. The third-order valence-electron chi connectivity index (χ3n) is 8.78. The Labute approximate surface area is 275 Å². The molecule has 258 valence electrons. The summed E-state index contributed by atoms with van der Waals surface area (Å²) in [6, 6.07) is 0.235. The van der Waals surface area contributed by atoms with Crippen LogP contribution in [0.25, 0.3) is 0 Å². The molecule has 0 aromatic carbocycles. The molecule has 0 heterocycles. The lowest BCUT2D eigenvalue weighted by Crippen LogP contribution is -2.38. The predicted octanol–water partition coefficient (Wildman–Crippen LogP) is 11.9. The molecule has 0 aromatic heterocycles. The summed E-state index contributed by atoms with van der Waals surface area (Å²) >= 11 is 0. The molecule has 0 aliphatic carbocycles. The maximum atomic E-state index is 12.5. The summed E-state index contributed by atoms with van der Waals surface area (Å²) in [5.74, 6) is 0.839. The third kappa shape index (κ3) is 31.8. The number of carbonyl (C=O) groups excluding carboxylic acids is 2. The van der Waals surface area contributed by atoms with Crippen LogP contribution in [0.1, 0.15) is 201 Å². The van der Waals surface area contributed by atoms with Crippen LogP contribution in [0.5, 0.6) is 0 Å². The Morgan fingerprint density at radius 3 is 1.52 bits per heavy atom. The lowest BCUT2D eigenvalue weighted by molar-refractivity contribution is -0.122. The number of unbranched alkanes of at least 4 members (excludes halogenated alkanes) is 19. The van der Waals surface area contributed by atoms with Gasteiger partial charge in [-0.2, -0.15) is 0 Å². The van der Waals surface area contributed by atoms with Crippen molar-refractivity contribution in [3.8, 4) is 0 Å². The Morgan fingerprint density at radius 1 is 0.523 bits per heavy atom. The monoisotopic (exact) mass is 617 g/mol. The Balaban J connectivity index is 3.65. The van der Waals surface area contributed by atoms with Gasteiger partial charge in [-0.25, -0.2) is 0 Å². The molecule has 4 heteroatoms. The molecule has 0 aliphatic heterocycles. The Kier molecular flexibility index (Phi) is 33.1.